The van der Waals surface area contributed by atoms with Gasteiger partial charge in [-0.3, -0.25) is 4.79 Å². The quantitative estimate of drug-likeness (QED) is 0.263. The highest BCUT2D eigenvalue weighted by atomic mass is 35.5. The number of carbonyl (C=O) groups excluding carboxylic acids is 1. The van der Waals surface area contributed by atoms with Crippen molar-refractivity contribution in [2.75, 3.05) is 6.54 Å². The number of nitrogens with one attached hydrogen (secondary N) is 2. The molecule has 8 heteroatoms. The third-order valence-corrected chi connectivity index (χ3v) is 6.32. The van der Waals surface area contributed by atoms with Crippen LogP contribution in [0.2, 0.25) is 10.0 Å². The molecule has 35 heavy (non-hydrogen) atoms. The maximum absolute atomic E-state index is 12.5. The van der Waals surface area contributed by atoms with Crippen molar-refractivity contribution in [1.82, 2.24) is 10.6 Å². The van der Waals surface area contributed by atoms with E-state index >= 15 is 0 Å². The van der Waals surface area contributed by atoms with E-state index in [0.29, 0.717) is 27.6 Å². The molecule has 3 rings (SSSR count). The van der Waals surface area contributed by atoms with Crippen molar-refractivity contribution >= 4 is 29.1 Å². The van der Waals surface area contributed by atoms with Gasteiger partial charge in [0.05, 0.1) is 12.5 Å². The molecular weight excluding hydrogens is 487 g/mol. The van der Waals surface area contributed by atoms with Crippen molar-refractivity contribution in [2.45, 2.75) is 44.9 Å². The number of hydrogen-bond acceptors (Lipinski definition) is 5. The largest absolute Gasteiger partial charge is 0.508 e. The average Bonchev–Trinajstić information content (AvgIpc) is 2.76. The fourth-order valence-corrected chi connectivity index (χ4v) is 4.39. The molecule has 0 bridgehead atoms. The lowest BCUT2D eigenvalue weighted by Gasteiger charge is -2.28. The summed E-state index contributed by atoms with van der Waals surface area (Å²) in [7, 11) is 0. The lowest BCUT2D eigenvalue weighted by molar-refractivity contribution is -0.120. The van der Waals surface area contributed by atoms with Gasteiger partial charge in [0.1, 0.15) is 11.5 Å². The van der Waals surface area contributed by atoms with Crippen LogP contribution in [0, 0.1) is 0 Å². The van der Waals surface area contributed by atoms with Gasteiger partial charge in [-0.15, -0.1) is 0 Å². The average molecular weight is 517 g/mol. The van der Waals surface area contributed by atoms with E-state index in [4.69, 9.17) is 23.2 Å². The summed E-state index contributed by atoms with van der Waals surface area (Å²) in [5, 5.41) is 37.0. The highest BCUT2D eigenvalue weighted by Crippen LogP contribution is 2.26. The third-order valence-electron chi connectivity index (χ3n) is 5.61. The molecule has 6 nitrogen and oxygen atoms in total. The van der Waals surface area contributed by atoms with E-state index in [9.17, 15) is 20.1 Å². The predicted octanol–water partition coefficient (Wildman–Crippen LogP) is 4.91. The van der Waals surface area contributed by atoms with Crippen molar-refractivity contribution in [3.05, 3.63) is 93.0 Å². The predicted molar refractivity (Wildman–Crippen MR) is 139 cm³/mol. The number of amides is 1. The van der Waals surface area contributed by atoms with Gasteiger partial charge in [-0.25, -0.2) is 0 Å². The molecule has 0 fully saturated rings. The Morgan fingerprint density at radius 2 is 1.54 bits per heavy atom. The first-order valence-corrected chi connectivity index (χ1v) is 12.0. The summed E-state index contributed by atoms with van der Waals surface area (Å²) < 4.78 is 0. The molecule has 0 aliphatic rings. The van der Waals surface area contributed by atoms with Crippen molar-refractivity contribution in [2.24, 2.45) is 0 Å². The Morgan fingerprint density at radius 1 is 0.943 bits per heavy atom. The molecule has 0 unspecified atom stereocenters. The van der Waals surface area contributed by atoms with E-state index in [1.54, 1.807) is 18.2 Å². The lowest BCUT2D eigenvalue weighted by atomic mass is 9.93. The van der Waals surface area contributed by atoms with Gasteiger partial charge in [-0.1, -0.05) is 53.5 Å². The first kappa shape index (κ1) is 26.8. The minimum Gasteiger partial charge on any atom is -0.508 e. The van der Waals surface area contributed by atoms with Gasteiger partial charge in [-0.2, -0.15) is 0 Å². The summed E-state index contributed by atoms with van der Waals surface area (Å²) in [4.78, 5) is 12.5. The Kier molecular flexibility index (Phi) is 9.03. The van der Waals surface area contributed by atoms with Crippen LogP contribution in [0.1, 0.15) is 42.2 Å². The Morgan fingerprint density at radius 3 is 2.20 bits per heavy atom. The minimum absolute atomic E-state index is 0.103. The molecule has 0 saturated heterocycles. The van der Waals surface area contributed by atoms with Gasteiger partial charge in [-0.05, 0) is 61.2 Å². The topological polar surface area (TPSA) is 102 Å². The van der Waals surface area contributed by atoms with Crippen molar-refractivity contribution in [1.29, 1.82) is 0 Å². The SMILES string of the molecule is CC(C)(Cc1cccc(CC(=O)NCc2c(Cl)cccc2Cl)c1)NC[C@H](O)c1cc(O)cc(O)c1. The van der Waals surface area contributed by atoms with E-state index in [0.717, 1.165) is 11.1 Å². The molecule has 1 amide bonds. The summed E-state index contributed by atoms with van der Waals surface area (Å²) in [5.74, 6) is -0.337. The van der Waals surface area contributed by atoms with E-state index in [1.165, 1.54) is 18.2 Å². The molecule has 5 N–H and O–H groups in total. The number of β-amino-alcohol motifs (C(OH)–C–C–N with tert-alkyl or cyclic N) is 1. The zero-order valence-electron chi connectivity index (χ0n) is 19.7. The fourth-order valence-electron chi connectivity index (χ4n) is 3.86. The normalized spacial score (nSPS) is 12.4. The fraction of sp³-hybridized carbons (Fsp3) is 0.296. The van der Waals surface area contributed by atoms with Crippen molar-refractivity contribution in [3.8, 4) is 11.5 Å². The number of phenolic OH excluding ortho intramolecular Hbond substituents is 2. The molecule has 0 saturated carbocycles. The van der Waals surface area contributed by atoms with E-state index in [2.05, 4.69) is 10.6 Å². The van der Waals surface area contributed by atoms with Crippen LogP contribution in [0.3, 0.4) is 0 Å². The summed E-state index contributed by atoms with van der Waals surface area (Å²) in [6.07, 6.45) is -0.00644. The van der Waals surface area contributed by atoms with E-state index < -0.39 is 6.10 Å². The van der Waals surface area contributed by atoms with Gasteiger partial charge in [0, 0.05) is 40.3 Å². The number of halogens is 2. The van der Waals surface area contributed by atoms with Crippen LogP contribution in [-0.2, 0) is 24.2 Å². The number of rotatable bonds is 10. The maximum Gasteiger partial charge on any atom is 0.224 e. The monoisotopic (exact) mass is 516 g/mol. The second-order valence-electron chi connectivity index (χ2n) is 9.21. The number of phenols is 2. The summed E-state index contributed by atoms with van der Waals surface area (Å²) in [6, 6.07) is 17.1. The van der Waals surface area contributed by atoms with Crippen LogP contribution in [0.15, 0.2) is 60.7 Å². The Bertz CT molecular complexity index is 1140. The minimum atomic E-state index is -0.895. The van der Waals surface area contributed by atoms with Crippen LogP contribution < -0.4 is 10.6 Å². The molecule has 0 heterocycles. The van der Waals surface area contributed by atoms with Crippen LogP contribution in [0.5, 0.6) is 11.5 Å². The van der Waals surface area contributed by atoms with E-state index in [-0.39, 0.29) is 42.5 Å². The zero-order valence-corrected chi connectivity index (χ0v) is 21.2. The highest BCUT2D eigenvalue weighted by Gasteiger charge is 2.21. The molecule has 0 spiro atoms. The van der Waals surface area contributed by atoms with E-state index in [1.807, 2.05) is 38.1 Å². The van der Waals surface area contributed by atoms with Crippen molar-refractivity contribution in [3.63, 3.8) is 0 Å². The molecule has 3 aromatic carbocycles. The number of carbonyl (C=O) groups is 1. The van der Waals surface area contributed by atoms with Gasteiger partial charge in [0.2, 0.25) is 5.91 Å². The van der Waals surface area contributed by atoms with Gasteiger partial charge < -0.3 is 26.0 Å². The van der Waals surface area contributed by atoms with Crippen LogP contribution >= 0.6 is 23.2 Å². The number of aliphatic hydroxyl groups excluding tert-OH is 1. The molecule has 1 atom stereocenters. The van der Waals surface area contributed by atoms with Crippen LogP contribution in [0.4, 0.5) is 0 Å². The second-order valence-corrected chi connectivity index (χ2v) is 10.0. The first-order chi connectivity index (χ1) is 16.5. The highest BCUT2D eigenvalue weighted by molar-refractivity contribution is 6.36. The summed E-state index contributed by atoms with van der Waals surface area (Å²) >= 11 is 12.3. The molecule has 0 aromatic heterocycles. The molecule has 3 aromatic rings. The van der Waals surface area contributed by atoms with Crippen molar-refractivity contribution < 1.29 is 20.1 Å². The van der Waals surface area contributed by atoms with Crippen LogP contribution in [0.25, 0.3) is 0 Å². The molecule has 0 aliphatic heterocycles. The number of aromatic hydroxyl groups is 2. The summed E-state index contributed by atoms with van der Waals surface area (Å²) in [6.45, 7) is 4.54. The number of hydrogen-bond donors (Lipinski definition) is 5. The molecule has 0 radical (unpaired) electrons. The number of aliphatic hydroxyl groups is 1. The Balaban J connectivity index is 1.55. The standard InChI is InChI=1S/C27H30Cl2N2O4/c1-27(2,31-16-25(34)19-11-20(32)13-21(33)12-19)14-18-6-3-5-17(9-18)10-26(35)30-15-22-23(28)7-4-8-24(22)29/h3-9,11-13,25,31-34H,10,14-16H2,1-2H3,(H,30,35)/t25-/m0/s1. The number of benzene rings is 3. The maximum atomic E-state index is 12.5. The Hall–Kier alpha value is -2.77. The Labute approximate surface area is 215 Å². The summed E-state index contributed by atoms with van der Waals surface area (Å²) in [5.41, 5.74) is 2.69. The molecular formula is C27H30Cl2N2O4. The van der Waals surface area contributed by atoms with Gasteiger partial charge >= 0.3 is 0 Å². The van der Waals surface area contributed by atoms with Gasteiger partial charge in [0.15, 0.2) is 0 Å². The second kappa shape index (κ2) is 11.8. The van der Waals surface area contributed by atoms with Crippen LogP contribution in [-0.4, -0.2) is 33.3 Å². The zero-order chi connectivity index (χ0) is 25.6. The first-order valence-electron chi connectivity index (χ1n) is 11.3. The molecule has 186 valence electrons. The smallest absolute Gasteiger partial charge is 0.224 e. The lowest BCUT2D eigenvalue weighted by Crippen LogP contribution is -2.43. The van der Waals surface area contributed by atoms with Gasteiger partial charge in [0.25, 0.3) is 0 Å². The molecule has 0 aliphatic carbocycles. The third kappa shape index (κ3) is 8.15.